The van der Waals surface area contributed by atoms with Crippen LogP contribution in [0.1, 0.15) is 40.5 Å². The van der Waals surface area contributed by atoms with Gasteiger partial charge in [-0.05, 0) is 43.1 Å². The van der Waals surface area contributed by atoms with Gasteiger partial charge in [0.1, 0.15) is 17.5 Å². The van der Waals surface area contributed by atoms with Crippen LogP contribution in [0.2, 0.25) is 0 Å². The Morgan fingerprint density at radius 1 is 1.24 bits per heavy atom. The monoisotopic (exact) mass is 234 g/mol. The van der Waals surface area contributed by atoms with Crippen molar-refractivity contribution in [3.8, 4) is 0 Å². The molecule has 2 saturated carbocycles. The number of carbonyl (C=O) groups excluding carboxylic acids is 1. The van der Waals surface area contributed by atoms with Gasteiger partial charge in [-0.2, -0.15) is 0 Å². The van der Waals surface area contributed by atoms with E-state index in [1.807, 2.05) is 0 Å². The lowest BCUT2D eigenvalue weighted by Gasteiger charge is -2.35. The fourth-order valence-electron chi connectivity index (χ4n) is 5.27. The zero-order valence-corrected chi connectivity index (χ0v) is 11.2. The zero-order valence-electron chi connectivity index (χ0n) is 11.2. The Morgan fingerprint density at radius 2 is 1.94 bits per heavy atom. The second-order valence-corrected chi connectivity index (χ2v) is 6.85. The van der Waals surface area contributed by atoms with Crippen molar-refractivity contribution in [2.24, 2.45) is 23.2 Å². The molecule has 1 saturated heterocycles. The van der Waals surface area contributed by atoms with E-state index in [0.29, 0.717) is 17.8 Å². The fourth-order valence-corrected chi connectivity index (χ4v) is 5.27. The average Bonchev–Trinajstić information content (AvgIpc) is 2.65. The molecule has 17 heavy (non-hydrogen) atoms. The van der Waals surface area contributed by atoms with Gasteiger partial charge in [-0.15, -0.1) is 0 Å². The summed E-state index contributed by atoms with van der Waals surface area (Å²) in [6.07, 6.45) is 7.17. The molecule has 0 aromatic heterocycles. The van der Waals surface area contributed by atoms with E-state index in [1.54, 1.807) is 6.08 Å². The molecular weight excluding hydrogens is 212 g/mol. The number of aldehydes is 1. The molecule has 2 aliphatic carbocycles. The second-order valence-electron chi connectivity index (χ2n) is 6.85. The van der Waals surface area contributed by atoms with E-state index in [9.17, 15) is 4.79 Å². The quantitative estimate of drug-likeness (QED) is 0.417. The van der Waals surface area contributed by atoms with Crippen LogP contribution in [-0.2, 0) is 9.53 Å². The summed E-state index contributed by atoms with van der Waals surface area (Å²) in [6.45, 7) is 9.26. The van der Waals surface area contributed by atoms with Crippen LogP contribution in [0.3, 0.4) is 0 Å². The van der Waals surface area contributed by atoms with E-state index in [-0.39, 0.29) is 16.6 Å². The maximum atomic E-state index is 10.6. The third kappa shape index (κ3) is 1.04. The van der Waals surface area contributed by atoms with E-state index >= 15 is 0 Å². The van der Waals surface area contributed by atoms with Gasteiger partial charge in [-0.1, -0.05) is 26.8 Å². The summed E-state index contributed by atoms with van der Waals surface area (Å²) in [6, 6.07) is 0. The number of hydrogen-bond donors (Lipinski definition) is 0. The number of rotatable bonds is 2. The van der Waals surface area contributed by atoms with Crippen LogP contribution in [-0.4, -0.2) is 17.5 Å². The van der Waals surface area contributed by atoms with Gasteiger partial charge >= 0.3 is 0 Å². The lowest BCUT2D eigenvalue weighted by Crippen LogP contribution is -2.32. The summed E-state index contributed by atoms with van der Waals surface area (Å²) in [5.74, 6) is 1.68. The predicted molar refractivity (Wildman–Crippen MR) is 66.6 cm³/mol. The second kappa shape index (κ2) is 3.03. The molecule has 2 heteroatoms. The molecule has 0 bridgehead atoms. The van der Waals surface area contributed by atoms with Crippen molar-refractivity contribution in [2.45, 2.75) is 51.7 Å². The molecule has 0 radical (unpaired) electrons. The first-order chi connectivity index (χ1) is 7.91. The Morgan fingerprint density at radius 3 is 2.53 bits per heavy atom. The van der Waals surface area contributed by atoms with Crippen molar-refractivity contribution in [1.82, 2.24) is 0 Å². The number of carbonyl (C=O) groups is 1. The highest BCUT2D eigenvalue weighted by Crippen LogP contribution is 2.78. The molecule has 3 rings (SSSR count). The van der Waals surface area contributed by atoms with Gasteiger partial charge in [0.2, 0.25) is 0 Å². The highest BCUT2D eigenvalue weighted by atomic mass is 16.6. The molecule has 1 aliphatic heterocycles. The minimum absolute atomic E-state index is 0.0312. The van der Waals surface area contributed by atoms with Crippen LogP contribution in [0, 0.1) is 23.2 Å². The molecule has 0 aromatic rings. The topological polar surface area (TPSA) is 29.6 Å². The van der Waals surface area contributed by atoms with E-state index < -0.39 is 0 Å². The molecule has 3 fully saturated rings. The molecule has 3 aliphatic rings. The van der Waals surface area contributed by atoms with Gasteiger partial charge in [0.25, 0.3) is 0 Å². The lowest BCUT2D eigenvalue weighted by molar-refractivity contribution is -0.104. The van der Waals surface area contributed by atoms with E-state index in [1.165, 1.54) is 12.8 Å². The standard InChI is InChI=1S/C15H22O2/c1-10-7-8-12-13(2,3)11(6-5-9-16)14(4)15(10,12)17-14/h5-6,9-12H,7-8H2,1-4H3/b6-5-. The summed E-state index contributed by atoms with van der Waals surface area (Å²) >= 11 is 0. The van der Waals surface area contributed by atoms with E-state index in [2.05, 4.69) is 33.8 Å². The summed E-state index contributed by atoms with van der Waals surface area (Å²) in [4.78, 5) is 10.6. The average molecular weight is 234 g/mol. The molecule has 0 amide bonds. The Bertz CT molecular complexity index is 398. The maximum absolute atomic E-state index is 10.6. The van der Waals surface area contributed by atoms with Crippen LogP contribution in [0.25, 0.3) is 0 Å². The van der Waals surface area contributed by atoms with Crippen LogP contribution < -0.4 is 0 Å². The Labute approximate surface area is 103 Å². The van der Waals surface area contributed by atoms with Crippen molar-refractivity contribution < 1.29 is 9.53 Å². The SMILES string of the molecule is CC1CCC2C(C)(C)C(/C=C\C=O)C3(C)OC123. The first-order valence-electron chi connectivity index (χ1n) is 6.73. The largest absolute Gasteiger partial charge is 0.362 e. The minimum Gasteiger partial charge on any atom is -0.362 e. The van der Waals surface area contributed by atoms with Gasteiger partial charge in [-0.25, -0.2) is 0 Å². The Hall–Kier alpha value is -0.630. The molecule has 1 spiro atoms. The van der Waals surface area contributed by atoms with Crippen molar-refractivity contribution in [1.29, 1.82) is 0 Å². The smallest absolute Gasteiger partial charge is 0.142 e. The van der Waals surface area contributed by atoms with E-state index in [4.69, 9.17) is 4.74 Å². The van der Waals surface area contributed by atoms with Crippen LogP contribution >= 0.6 is 0 Å². The molecule has 5 unspecified atom stereocenters. The maximum Gasteiger partial charge on any atom is 0.142 e. The van der Waals surface area contributed by atoms with Crippen molar-refractivity contribution >= 4 is 6.29 Å². The predicted octanol–water partition coefficient (Wildman–Crippen LogP) is 2.97. The van der Waals surface area contributed by atoms with Gasteiger partial charge < -0.3 is 4.74 Å². The number of hydrogen-bond acceptors (Lipinski definition) is 2. The third-order valence-corrected chi connectivity index (χ3v) is 5.93. The highest BCUT2D eigenvalue weighted by molar-refractivity contribution is 5.65. The normalized spacial score (nSPS) is 54.7. The number of allylic oxidation sites excluding steroid dienone is 1. The molecule has 94 valence electrons. The van der Waals surface area contributed by atoms with Gasteiger partial charge in [0.05, 0.1) is 0 Å². The Balaban J connectivity index is 2.04. The lowest BCUT2D eigenvalue weighted by atomic mass is 9.72. The molecular formula is C15H22O2. The third-order valence-electron chi connectivity index (χ3n) is 5.93. The molecule has 5 atom stereocenters. The Kier molecular flexibility index (Phi) is 2.04. The van der Waals surface area contributed by atoms with E-state index in [0.717, 1.165) is 6.29 Å². The summed E-state index contributed by atoms with van der Waals surface area (Å²) in [7, 11) is 0. The van der Waals surface area contributed by atoms with Crippen LogP contribution in [0.15, 0.2) is 12.2 Å². The van der Waals surface area contributed by atoms with Crippen LogP contribution in [0.4, 0.5) is 0 Å². The number of epoxide rings is 1. The minimum atomic E-state index is -0.0312. The fraction of sp³-hybridized carbons (Fsp3) is 0.800. The molecule has 1 heterocycles. The van der Waals surface area contributed by atoms with Crippen molar-refractivity contribution in [3.05, 3.63) is 12.2 Å². The van der Waals surface area contributed by atoms with Crippen molar-refractivity contribution in [3.63, 3.8) is 0 Å². The van der Waals surface area contributed by atoms with Gasteiger partial charge in [-0.3, -0.25) is 4.79 Å². The molecule has 2 nitrogen and oxygen atoms in total. The number of ether oxygens (including phenoxy) is 1. The molecule has 0 N–H and O–H groups in total. The zero-order chi connectivity index (χ0) is 12.5. The first kappa shape index (κ1) is 11.5. The summed E-state index contributed by atoms with van der Waals surface area (Å²) in [5.41, 5.74) is 0.322. The van der Waals surface area contributed by atoms with Crippen LogP contribution in [0.5, 0.6) is 0 Å². The van der Waals surface area contributed by atoms with Gasteiger partial charge in [0.15, 0.2) is 0 Å². The molecule has 0 aromatic carbocycles. The van der Waals surface area contributed by atoms with Crippen molar-refractivity contribution in [2.75, 3.05) is 0 Å². The summed E-state index contributed by atoms with van der Waals surface area (Å²) in [5, 5.41) is 0. The first-order valence-corrected chi connectivity index (χ1v) is 6.73. The highest BCUT2D eigenvalue weighted by Gasteiger charge is 2.85. The van der Waals surface area contributed by atoms with Gasteiger partial charge in [0, 0.05) is 5.92 Å². The summed E-state index contributed by atoms with van der Waals surface area (Å²) < 4.78 is 6.24.